The second-order valence-electron chi connectivity index (χ2n) is 3.85. The third-order valence-corrected chi connectivity index (χ3v) is 5.29. The summed E-state index contributed by atoms with van der Waals surface area (Å²) in [5.41, 5.74) is 1.23. The first-order valence-corrected chi connectivity index (χ1v) is 7.08. The number of rotatable bonds is 3. The van der Waals surface area contributed by atoms with E-state index in [0.29, 0.717) is 6.54 Å². The van der Waals surface area contributed by atoms with Crippen molar-refractivity contribution in [2.75, 3.05) is 13.2 Å². The lowest BCUT2D eigenvalue weighted by Gasteiger charge is -2.22. The van der Waals surface area contributed by atoms with Gasteiger partial charge in [0.1, 0.15) is 5.37 Å². The highest BCUT2D eigenvalue weighted by molar-refractivity contribution is 8.01. The molecule has 0 saturated carbocycles. The normalized spacial score (nSPS) is 25.4. The molecule has 0 aromatic carbocycles. The van der Waals surface area contributed by atoms with Crippen LogP contribution < -0.4 is 0 Å². The second kappa shape index (κ2) is 4.77. The highest BCUT2D eigenvalue weighted by Crippen LogP contribution is 2.45. The molecule has 2 rings (SSSR count). The van der Waals surface area contributed by atoms with E-state index in [4.69, 9.17) is 5.11 Å². The quantitative estimate of drug-likeness (QED) is 0.900. The van der Waals surface area contributed by atoms with Crippen molar-refractivity contribution in [3.05, 3.63) is 21.9 Å². The van der Waals surface area contributed by atoms with Gasteiger partial charge in [0, 0.05) is 11.4 Å². The number of aliphatic hydroxyl groups is 1. The largest absolute Gasteiger partial charge is 0.395 e. The third-order valence-electron chi connectivity index (χ3n) is 2.71. The van der Waals surface area contributed by atoms with Crippen LogP contribution >= 0.6 is 23.1 Å². The number of aryl methyl sites for hydroxylation is 1. The van der Waals surface area contributed by atoms with Crippen molar-refractivity contribution >= 4 is 29.0 Å². The zero-order chi connectivity index (χ0) is 11.7. The zero-order valence-corrected chi connectivity index (χ0v) is 11.0. The van der Waals surface area contributed by atoms with Gasteiger partial charge in [0.15, 0.2) is 0 Å². The molecule has 0 unspecified atom stereocenters. The molecule has 3 nitrogen and oxygen atoms in total. The fourth-order valence-electron chi connectivity index (χ4n) is 1.85. The number of amides is 1. The monoisotopic (exact) mass is 257 g/mol. The maximum atomic E-state index is 11.9. The van der Waals surface area contributed by atoms with Gasteiger partial charge in [-0.3, -0.25) is 4.79 Å². The minimum atomic E-state index is -0.00181. The Kier molecular flexibility index (Phi) is 3.56. The first-order valence-electron chi connectivity index (χ1n) is 5.26. The molecular weight excluding hydrogens is 242 g/mol. The molecule has 0 aliphatic carbocycles. The van der Waals surface area contributed by atoms with Crippen molar-refractivity contribution in [3.8, 4) is 0 Å². The van der Waals surface area contributed by atoms with E-state index in [9.17, 15) is 4.79 Å². The Labute approximate surface area is 103 Å². The fourth-order valence-corrected chi connectivity index (χ4v) is 4.40. The standard InChI is InChI=1S/C11H15NO2S2/c1-7-3-6-15-9(7)11-12(4-5-13)10(14)8(2)16-11/h3,6,8,11,13H,4-5H2,1-2H3/t8-,11+/m1/s1. The first-order chi connectivity index (χ1) is 7.65. The van der Waals surface area contributed by atoms with Crippen molar-refractivity contribution in [2.24, 2.45) is 0 Å². The molecule has 88 valence electrons. The van der Waals surface area contributed by atoms with Crippen molar-refractivity contribution in [1.29, 1.82) is 0 Å². The van der Waals surface area contributed by atoms with E-state index in [2.05, 4.69) is 18.4 Å². The topological polar surface area (TPSA) is 40.5 Å². The summed E-state index contributed by atoms with van der Waals surface area (Å²) in [6.45, 7) is 4.45. The Balaban J connectivity index is 2.27. The molecule has 5 heteroatoms. The molecular formula is C11H15NO2S2. The molecule has 2 heterocycles. The average molecular weight is 257 g/mol. The summed E-state index contributed by atoms with van der Waals surface area (Å²) in [6.07, 6.45) is 0. The van der Waals surface area contributed by atoms with Crippen molar-refractivity contribution < 1.29 is 9.90 Å². The van der Waals surface area contributed by atoms with E-state index < -0.39 is 0 Å². The smallest absolute Gasteiger partial charge is 0.236 e. The minimum absolute atomic E-state index is 0.00181. The maximum Gasteiger partial charge on any atom is 0.236 e. The average Bonchev–Trinajstić information content (AvgIpc) is 2.77. The number of β-amino-alcohol motifs (C(OH)–C–C–N with tert-alkyl or cyclic N) is 1. The molecule has 1 aliphatic rings. The van der Waals surface area contributed by atoms with E-state index >= 15 is 0 Å². The van der Waals surface area contributed by atoms with E-state index in [-0.39, 0.29) is 23.1 Å². The summed E-state index contributed by atoms with van der Waals surface area (Å²) in [5.74, 6) is 0.136. The molecule has 1 aliphatic heterocycles. The van der Waals surface area contributed by atoms with E-state index in [1.54, 1.807) is 28.0 Å². The molecule has 0 radical (unpaired) electrons. The summed E-state index contributed by atoms with van der Waals surface area (Å²) in [6, 6.07) is 2.07. The molecule has 1 fully saturated rings. The number of hydrogen-bond acceptors (Lipinski definition) is 4. The summed E-state index contributed by atoms with van der Waals surface area (Å²) < 4.78 is 0. The lowest BCUT2D eigenvalue weighted by molar-refractivity contribution is -0.130. The SMILES string of the molecule is Cc1ccsc1[C@@H]1S[C@H](C)C(=O)N1CCO. The Morgan fingerprint density at radius 1 is 1.56 bits per heavy atom. The van der Waals surface area contributed by atoms with Gasteiger partial charge in [0.25, 0.3) is 0 Å². The molecule has 1 N–H and O–H groups in total. The fraction of sp³-hybridized carbons (Fsp3) is 0.545. The van der Waals surface area contributed by atoms with Crippen LogP contribution in [0, 0.1) is 6.92 Å². The molecule has 16 heavy (non-hydrogen) atoms. The first kappa shape index (κ1) is 12.0. The molecule has 1 aromatic rings. The van der Waals surface area contributed by atoms with Crippen LogP contribution in [0.3, 0.4) is 0 Å². The predicted molar refractivity (Wildman–Crippen MR) is 67.6 cm³/mol. The van der Waals surface area contributed by atoms with E-state index in [1.165, 1.54) is 10.4 Å². The molecule has 0 bridgehead atoms. The molecule has 2 atom stereocenters. The lowest BCUT2D eigenvalue weighted by atomic mass is 10.2. The summed E-state index contributed by atoms with van der Waals surface area (Å²) in [4.78, 5) is 14.9. The summed E-state index contributed by atoms with van der Waals surface area (Å²) in [7, 11) is 0. The maximum absolute atomic E-state index is 11.9. The van der Waals surface area contributed by atoms with E-state index in [1.807, 2.05) is 6.92 Å². The molecule has 0 spiro atoms. The van der Waals surface area contributed by atoms with Crippen molar-refractivity contribution in [3.63, 3.8) is 0 Å². The summed E-state index contributed by atoms with van der Waals surface area (Å²) >= 11 is 3.35. The molecule has 1 aromatic heterocycles. The van der Waals surface area contributed by atoms with Gasteiger partial charge in [-0.05, 0) is 30.9 Å². The zero-order valence-electron chi connectivity index (χ0n) is 9.34. The van der Waals surface area contributed by atoms with Crippen molar-refractivity contribution in [2.45, 2.75) is 24.5 Å². The van der Waals surface area contributed by atoms with Crippen LogP contribution in [0.25, 0.3) is 0 Å². The van der Waals surface area contributed by atoms with Gasteiger partial charge in [0.05, 0.1) is 11.9 Å². The second-order valence-corrected chi connectivity index (χ2v) is 6.23. The van der Waals surface area contributed by atoms with Gasteiger partial charge in [-0.15, -0.1) is 23.1 Å². The van der Waals surface area contributed by atoms with Gasteiger partial charge in [0.2, 0.25) is 5.91 Å². The molecule has 1 saturated heterocycles. The number of thiophene rings is 1. The van der Waals surface area contributed by atoms with Crippen LogP contribution in [0.4, 0.5) is 0 Å². The Hall–Kier alpha value is -0.520. The van der Waals surface area contributed by atoms with Gasteiger partial charge in [-0.2, -0.15) is 0 Å². The number of carbonyl (C=O) groups is 1. The number of carbonyl (C=O) groups excluding carboxylic acids is 1. The predicted octanol–water partition coefficient (Wildman–Crippen LogP) is 2.01. The van der Waals surface area contributed by atoms with Crippen LogP contribution in [-0.2, 0) is 4.79 Å². The Morgan fingerprint density at radius 3 is 2.88 bits per heavy atom. The van der Waals surface area contributed by atoms with Gasteiger partial charge in [-0.1, -0.05) is 0 Å². The van der Waals surface area contributed by atoms with Gasteiger partial charge < -0.3 is 10.0 Å². The van der Waals surface area contributed by atoms with Crippen LogP contribution in [0.2, 0.25) is 0 Å². The summed E-state index contributed by atoms with van der Waals surface area (Å²) in [5, 5.41) is 11.2. The number of aliphatic hydroxyl groups excluding tert-OH is 1. The van der Waals surface area contributed by atoms with Crippen molar-refractivity contribution in [1.82, 2.24) is 4.90 Å². The highest BCUT2D eigenvalue weighted by Gasteiger charge is 2.39. The Bertz CT molecular complexity index is 391. The number of nitrogens with zero attached hydrogens (tertiary/aromatic N) is 1. The van der Waals surface area contributed by atoms with Gasteiger partial charge >= 0.3 is 0 Å². The van der Waals surface area contributed by atoms with Crippen LogP contribution in [0.5, 0.6) is 0 Å². The van der Waals surface area contributed by atoms with Crippen LogP contribution in [0.15, 0.2) is 11.4 Å². The van der Waals surface area contributed by atoms with Crippen LogP contribution in [0.1, 0.15) is 22.7 Å². The Morgan fingerprint density at radius 2 is 2.31 bits per heavy atom. The van der Waals surface area contributed by atoms with Gasteiger partial charge in [-0.25, -0.2) is 0 Å². The van der Waals surface area contributed by atoms with E-state index in [0.717, 1.165) is 0 Å². The lowest BCUT2D eigenvalue weighted by Crippen LogP contribution is -2.32. The third kappa shape index (κ3) is 1.99. The number of thioether (sulfide) groups is 1. The minimum Gasteiger partial charge on any atom is -0.395 e. The number of hydrogen-bond donors (Lipinski definition) is 1. The molecule has 1 amide bonds. The highest BCUT2D eigenvalue weighted by atomic mass is 32.2. The van der Waals surface area contributed by atoms with Crippen LogP contribution in [-0.4, -0.2) is 34.3 Å².